The third kappa shape index (κ3) is 2.28. The van der Waals surface area contributed by atoms with Gasteiger partial charge >= 0.3 is 0 Å². The Morgan fingerprint density at radius 3 is 2.86 bits per heavy atom. The van der Waals surface area contributed by atoms with Gasteiger partial charge in [-0.25, -0.2) is 15.0 Å². The lowest BCUT2D eigenvalue weighted by Gasteiger charge is -2.03. The summed E-state index contributed by atoms with van der Waals surface area (Å²) in [7, 11) is 0. The molecule has 0 saturated carbocycles. The van der Waals surface area contributed by atoms with Crippen LogP contribution >= 0.6 is 0 Å². The summed E-state index contributed by atoms with van der Waals surface area (Å²) in [6.45, 7) is 0.511. The van der Waals surface area contributed by atoms with Crippen molar-refractivity contribution in [3.63, 3.8) is 0 Å². The lowest BCUT2D eigenvalue weighted by Crippen LogP contribution is -2.03. The number of fused-ring (bicyclic) bond motifs is 1. The number of rotatable bonds is 4. The monoisotopic (exact) mass is 291 g/mol. The second-order valence-corrected chi connectivity index (χ2v) is 4.79. The Labute approximate surface area is 125 Å². The molecule has 108 valence electrons. The van der Waals surface area contributed by atoms with Gasteiger partial charge in [0, 0.05) is 11.8 Å². The molecule has 0 aliphatic carbocycles. The summed E-state index contributed by atoms with van der Waals surface area (Å²) in [5.41, 5.74) is 1.79. The minimum absolute atomic E-state index is 0.511. The molecule has 0 radical (unpaired) electrons. The highest BCUT2D eigenvalue weighted by atomic mass is 15.2. The van der Waals surface area contributed by atoms with Gasteiger partial charge < -0.3 is 10.3 Å². The summed E-state index contributed by atoms with van der Waals surface area (Å²) in [4.78, 5) is 16.0. The Morgan fingerprint density at radius 2 is 1.95 bits per heavy atom. The van der Waals surface area contributed by atoms with E-state index in [4.69, 9.17) is 0 Å². The number of anilines is 1. The molecular weight excluding hydrogens is 278 g/mol. The molecule has 4 rings (SSSR count). The van der Waals surface area contributed by atoms with E-state index in [1.807, 2.05) is 42.6 Å². The van der Waals surface area contributed by atoms with Gasteiger partial charge in [0.25, 0.3) is 0 Å². The fourth-order valence-corrected chi connectivity index (χ4v) is 2.27. The Hall–Kier alpha value is -3.22. The minimum atomic E-state index is 0.511. The first-order valence-electron chi connectivity index (χ1n) is 6.89. The fraction of sp³-hybridized carbons (Fsp3) is 0.0667. The van der Waals surface area contributed by atoms with E-state index in [9.17, 15) is 0 Å². The molecule has 7 nitrogen and oxygen atoms in total. The summed E-state index contributed by atoms with van der Waals surface area (Å²) in [5, 5.41) is 11.4. The molecule has 0 aliphatic heterocycles. The number of benzene rings is 1. The van der Waals surface area contributed by atoms with Gasteiger partial charge in [-0.1, -0.05) is 30.3 Å². The third-order valence-corrected chi connectivity index (χ3v) is 3.34. The molecule has 3 aromatic heterocycles. The number of hydrogen-bond acceptors (Lipinski definition) is 5. The van der Waals surface area contributed by atoms with E-state index < -0.39 is 0 Å². The normalized spacial score (nSPS) is 10.9. The molecule has 0 aliphatic rings. The zero-order valence-corrected chi connectivity index (χ0v) is 11.6. The quantitative estimate of drug-likeness (QED) is 0.536. The van der Waals surface area contributed by atoms with Gasteiger partial charge in [-0.3, -0.25) is 5.10 Å². The van der Waals surface area contributed by atoms with Crippen LogP contribution < -0.4 is 5.32 Å². The number of H-pyrrole nitrogens is 2. The zero-order valence-electron chi connectivity index (χ0n) is 11.6. The van der Waals surface area contributed by atoms with Crippen molar-refractivity contribution >= 4 is 16.9 Å². The predicted octanol–water partition coefficient (Wildman–Crippen LogP) is 2.36. The summed E-state index contributed by atoms with van der Waals surface area (Å²) in [6.07, 6.45) is 3.36. The van der Waals surface area contributed by atoms with Crippen molar-refractivity contribution in [2.24, 2.45) is 0 Å². The molecular formula is C15H13N7. The first-order chi connectivity index (χ1) is 10.9. The van der Waals surface area contributed by atoms with Gasteiger partial charge in [0.2, 0.25) is 0 Å². The van der Waals surface area contributed by atoms with Crippen LogP contribution in [0.5, 0.6) is 0 Å². The van der Waals surface area contributed by atoms with E-state index in [1.165, 1.54) is 6.33 Å². The highest BCUT2D eigenvalue weighted by molar-refractivity contribution is 5.86. The smallest absolute Gasteiger partial charge is 0.181 e. The molecule has 0 unspecified atom stereocenters. The maximum absolute atomic E-state index is 4.48. The van der Waals surface area contributed by atoms with Crippen LogP contribution in [0.15, 0.2) is 48.9 Å². The highest BCUT2D eigenvalue weighted by Gasteiger charge is 2.07. The van der Waals surface area contributed by atoms with Crippen molar-refractivity contribution in [2.45, 2.75) is 6.54 Å². The van der Waals surface area contributed by atoms with Crippen molar-refractivity contribution in [1.29, 1.82) is 0 Å². The van der Waals surface area contributed by atoms with E-state index in [2.05, 4.69) is 35.5 Å². The van der Waals surface area contributed by atoms with Crippen LogP contribution in [0.25, 0.3) is 22.4 Å². The largest absolute Gasteiger partial charge is 0.362 e. The summed E-state index contributed by atoms with van der Waals surface area (Å²) in [6, 6.07) is 11.8. The van der Waals surface area contributed by atoms with Crippen LogP contribution in [-0.4, -0.2) is 30.1 Å². The van der Waals surface area contributed by atoms with Gasteiger partial charge in [0.15, 0.2) is 5.82 Å². The number of hydrogen-bond donors (Lipinski definition) is 3. The van der Waals surface area contributed by atoms with Crippen LogP contribution in [0.3, 0.4) is 0 Å². The van der Waals surface area contributed by atoms with E-state index in [-0.39, 0.29) is 0 Å². The first-order valence-corrected chi connectivity index (χ1v) is 6.89. The SMILES string of the molecule is c1ccc(-c2n[nH]c(CNc3ncnc4[nH]ccc34)n2)cc1. The molecule has 0 fully saturated rings. The van der Waals surface area contributed by atoms with E-state index in [1.54, 1.807) is 0 Å². The van der Waals surface area contributed by atoms with Crippen molar-refractivity contribution in [2.75, 3.05) is 5.32 Å². The molecule has 3 N–H and O–H groups in total. The standard InChI is InChI=1S/C15H13N7/c1-2-4-10(5-3-1)13-20-12(21-22-13)8-17-15-11-6-7-16-14(11)18-9-19-15/h1-7,9H,8H2,(H,20,21,22)(H2,16,17,18,19). The van der Waals surface area contributed by atoms with Crippen LogP contribution in [0, 0.1) is 0 Å². The van der Waals surface area contributed by atoms with E-state index in [0.717, 1.165) is 28.2 Å². The average molecular weight is 291 g/mol. The second kappa shape index (κ2) is 5.28. The molecule has 0 amide bonds. The molecule has 4 aromatic rings. The van der Waals surface area contributed by atoms with Gasteiger partial charge in [0.05, 0.1) is 11.9 Å². The maximum Gasteiger partial charge on any atom is 0.181 e. The van der Waals surface area contributed by atoms with Gasteiger partial charge in [-0.15, -0.1) is 0 Å². The Morgan fingerprint density at radius 1 is 1.05 bits per heavy atom. The van der Waals surface area contributed by atoms with E-state index in [0.29, 0.717) is 12.4 Å². The molecule has 1 aromatic carbocycles. The lowest BCUT2D eigenvalue weighted by molar-refractivity contribution is 0.948. The molecule has 0 bridgehead atoms. The predicted molar refractivity (Wildman–Crippen MR) is 83.0 cm³/mol. The van der Waals surface area contributed by atoms with E-state index >= 15 is 0 Å². The topological polar surface area (TPSA) is 95.2 Å². The van der Waals surface area contributed by atoms with Crippen LogP contribution in [0.2, 0.25) is 0 Å². The van der Waals surface area contributed by atoms with Crippen LogP contribution in [0.4, 0.5) is 5.82 Å². The Balaban J connectivity index is 1.53. The number of aromatic amines is 2. The minimum Gasteiger partial charge on any atom is -0.362 e. The molecule has 7 heteroatoms. The maximum atomic E-state index is 4.48. The lowest BCUT2D eigenvalue weighted by atomic mass is 10.2. The van der Waals surface area contributed by atoms with Crippen molar-refractivity contribution in [3.8, 4) is 11.4 Å². The number of nitrogens with zero attached hydrogens (tertiary/aromatic N) is 4. The molecule has 0 atom stereocenters. The first kappa shape index (κ1) is 12.5. The average Bonchev–Trinajstić information content (AvgIpc) is 3.23. The Kier molecular flexibility index (Phi) is 3.01. The van der Waals surface area contributed by atoms with Crippen molar-refractivity contribution in [3.05, 3.63) is 54.7 Å². The van der Waals surface area contributed by atoms with Gasteiger partial charge in [-0.05, 0) is 6.07 Å². The molecule has 0 spiro atoms. The summed E-state index contributed by atoms with van der Waals surface area (Å²) >= 11 is 0. The fourth-order valence-electron chi connectivity index (χ4n) is 2.27. The summed E-state index contributed by atoms with van der Waals surface area (Å²) in [5.74, 6) is 2.21. The summed E-state index contributed by atoms with van der Waals surface area (Å²) < 4.78 is 0. The van der Waals surface area contributed by atoms with Crippen LogP contribution in [-0.2, 0) is 6.54 Å². The zero-order chi connectivity index (χ0) is 14.8. The van der Waals surface area contributed by atoms with Gasteiger partial charge in [0.1, 0.15) is 23.6 Å². The third-order valence-electron chi connectivity index (χ3n) is 3.34. The van der Waals surface area contributed by atoms with Gasteiger partial charge in [-0.2, -0.15) is 5.10 Å². The van der Waals surface area contributed by atoms with Crippen molar-refractivity contribution < 1.29 is 0 Å². The van der Waals surface area contributed by atoms with Crippen LogP contribution in [0.1, 0.15) is 5.82 Å². The molecule has 3 heterocycles. The number of aromatic nitrogens is 6. The number of nitrogens with one attached hydrogen (secondary N) is 3. The van der Waals surface area contributed by atoms with Crippen molar-refractivity contribution in [1.82, 2.24) is 30.1 Å². The highest BCUT2D eigenvalue weighted by Crippen LogP contribution is 2.18. The molecule has 22 heavy (non-hydrogen) atoms. The Bertz CT molecular complexity index is 894. The molecule has 0 saturated heterocycles. The second-order valence-electron chi connectivity index (χ2n) is 4.79.